The molecule has 1 amide bonds. The topological polar surface area (TPSA) is 90.6 Å². The van der Waals surface area contributed by atoms with E-state index < -0.39 is 23.7 Å². The minimum Gasteiger partial charge on any atom is -0.460 e. The van der Waals surface area contributed by atoms with Crippen molar-refractivity contribution in [3.8, 4) is 0 Å². The molecule has 6 heteroatoms. The van der Waals surface area contributed by atoms with Gasteiger partial charge >= 0.3 is 12.1 Å². The molecule has 0 spiro atoms. The molecule has 1 unspecified atom stereocenters. The lowest BCUT2D eigenvalue weighted by Crippen LogP contribution is -2.35. The molecule has 0 aliphatic heterocycles. The number of alkyl carbamates (subject to hydrolysis) is 1. The van der Waals surface area contributed by atoms with Gasteiger partial charge in [0.1, 0.15) is 18.2 Å². The molecule has 0 aliphatic carbocycles. The van der Waals surface area contributed by atoms with E-state index in [1.807, 2.05) is 30.3 Å². The van der Waals surface area contributed by atoms with E-state index in [1.165, 1.54) is 0 Å². The number of amides is 1. The lowest BCUT2D eigenvalue weighted by molar-refractivity contribution is -0.146. The predicted molar refractivity (Wildman–Crippen MR) is 87.7 cm³/mol. The highest BCUT2D eigenvalue weighted by Gasteiger charge is 2.17. The maximum atomic E-state index is 11.8. The number of hydrogen-bond acceptors (Lipinski definition) is 5. The number of hydrogen-bond donors (Lipinski definition) is 2. The van der Waals surface area contributed by atoms with Crippen molar-refractivity contribution in [2.24, 2.45) is 5.73 Å². The molecule has 0 bridgehead atoms. The standard InChI is InChI=1S/C17H26N2O4/c1-17(2,3)23-16(21)19-11-7-10-14(18)15(20)22-12-13-8-5-4-6-9-13/h4-6,8-9,14H,7,10-12,18H2,1-3H3,(H,19,21). The van der Waals surface area contributed by atoms with E-state index in [-0.39, 0.29) is 6.61 Å². The van der Waals surface area contributed by atoms with Gasteiger partial charge in [-0.25, -0.2) is 4.79 Å². The second kappa shape index (κ2) is 9.15. The zero-order chi connectivity index (χ0) is 17.3. The van der Waals surface area contributed by atoms with Crippen molar-refractivity contribution in [3.63, 3.8) is 0 Å². The van der Waals surface area contributed by atoms with Gasteiger partial charge in [0.25, 0.3) is 0 Å². The lowest BCUT2D eigenvalue weighted by atomic mass is 10.1. The third kappa shape index (κ3) is 8.83. The first kappa shape index (κ1) is 19.0. The summed E-state index contributed by atoms with van der Waals surface area (Å²) in [6.45, 7) is 6.00. The zero-order valence-electron chi connectivity index (χ0n) is 14.0. The summed E-state index contributed by atoms with van der Waals surface area (Å²) in [6, 6.07) is 8.72. The smallest absolute Gasteiger partial charge is 0.407 e. The minimum absolute atomic E-state index is 0.212. The Morgan fingerprint density at radius 3 is 2.48 bits per heavy atom. The Morgan fingerprint density at radius 1 is 1.22 bits per heavy atom. The van der Waals surface area contributed by atoms with Crippen LogP contribution in [0, 0.1) is 0 Å². The molecule has 1 atom stereocenters. The number of rotatable bonds is 7. The molecule has 0 aliphatic rings. The van der Waals surface area contributed by atoms with Crippen molar-refractivity contribution in [2.75, 3.05) is 6.54 Å². The molecule has 128 valence electrons. The normalized spacial score (nSPS) is 12.3. The Bertz CT molecular complexity index is 497. The Balaban J connectivity index is 2.17. The zero-order valence-corrected chi connectivity index (χ0v) is 14.0. The van der Waals surface area contributed by atoms with Gasteiger partial charge in [-0.3, -0.25) is 4.79 Å². The van der Waals surface area contributed by atoms with Crippen molar-refractivity contribution < 1.29 is 19.1 Å². The van der Waals surface area contributed by atoms with Crippen LogP contribution in [0.25, 0.3) is 0 Å². The Morgan fingerprint density at radius 2 is 1.87 bits per heavy atom. The molecule has 0 saturated heterocycles. The number of nitrogens with one attached hydrogen (secondary N) is 1. The van der Waals surface area contributed by atoms with Crippen LogP contribution in [0.5, 0.6) is 0 Å². The summed E-state index contributed by atoms with van der Waals surface area (Å²) in [6.07, 6.45) is 0.530. The van der Waals surface area contributed by atoms with Gasteiger partial charge in [-0.15, -0.1) is 0 Å². The maximum Gasteiger partial charge on any atom is 0.407 e. The first-order valence-electron chi connectivity index (χ1n) is 7.71. The van der Waals surface area contributed by atoms with Crippen molar-refractivity contribution in [1.29, 1.82) is 0 Å². The predicted octanol–water partition coefficient (Wildman–Crippen LogP) is 2.36. The van der Waals surface area contributed by atoms with Crippen molar-refractivity contribution >= 4 is 12.1 Å². The summed E-state index contributed by atoms with van der Waals surface area (Å²) in [5.74, 6) is -0.439. The van der Waals surface area contributed by atoms with E-state index in [2.05, 4.69) is 5.32 Å². The summed E-state index contributed by atoms with van der Waals surface area (Å²) >= 11 is 0. The van der Waals surface area contributed by atoms with E-state index in [0.29, 0.717) is 19.4 Å². The highest BCUT2D eigenvalue weighted by Crippen LogP contribution is 2.07. The quantitative estimate of drug-likeness (QED) is 0.594. The van der Waals surface area contributed by atoms with Crippen LogP contribution in [0.15, 0.2) is 30.3 Å². The van der Waals surface area contributed by atoms with Gasteiger partial charge in [-0.2, -0.15) is 0 Å². The molecule has 1 aromatic rings. The molecule has 0 radical (unpaired) electrons. The van der Waals surface area contributed by atoms with Crippen LogP contribution in [0.3, 0.4) is 0 Å². The summed E-state index contributed by atoms with van der Waals surface area (Å²) in [4.78, 5) is 23.2. The number of carbonyl (C=O) groups excluding carboxylic acids is 2. The molecule has 1 rings (SSSR count). The average Bonchev–Trinajstić information content (AvgIpc) is 2.48. The molecule has 0 fully saturated rings. The van der Waals surface area contributed by atoms with Gasteiger partial charge in [0.15, 0.2) is 0 Å². The van der Waals surface area contributed by atoms with E-state index in [1.54, 1.807) is 20.8 Å². The van der Waals surface area contributed by atoms with Crippen LogP contribution < -0.4 is 11.1 Å². The number of esters is 1. The van der Waals surface area contributed by atoms with Gasteiger partial charge < -0.3 is 20.5 Å². The van der Waals surface area contributed by atoms with E-state index in [4.69, 9.17) is 15.2 Å². The summed E-state index contributed by atoms with van der Waals surface area (Å²) in [5.41, 5.74) is 6.17. The second-order valence-corrected chi connectivity index (χ2v) is 6.27. The summed E-state index contributed by atoms with van der Waals surface area (Å²) < 4.78 is 10.3. The SMILES string of the molecule is CC(C)(C)OC(=O)NCCCC(N)C(=O)OCc1ccccc1. The third-order valence-electron chi connectivity index (χ3n) is 2.89. The second-order valence-electron chi connectivity index (χ2n) is 6.27. The molecular formula is C17H26N2O4. The first-order chi connectivity index (χ1) is 10.8. The van der Waals surface area contributed by atoms with Crippen LogP contribution in [0.2, 0.25) is 0 Å². The largest absolute Gasteiger partial charge is 0.460 e. The molecule has 0 heterocycles. The first-order valence-corrected chi connectivity index (χ1v) is 7.71. The van der Waals surface area contributed by atoms with Crippen molar-refractivity contribution in [3.05, 3.63) is 35.9 Å². The number of benzene rings is 1. The molecular weight excluding hydrogens is 296 g/mol. The number of ether oxygens (including phenoxy) is 2. The van der Waals surface area contributed by atoms with Crippen LogP contribution in [-0.4, -0.2) is 30.3 Å². The fourth-order valence-electron chi connectivity index (χ4n) is 1.78. The monoisotopic (exact) mass is 322 g/mol. The van der Waals surface area contributed by atoms with Crippen LogP contribution in [-0.2, 0) is 20.9 Å². The fourth-order valence-corrected chi connectivity index (χ4v) is 1.78. The number of carbonyl (C=O) groups is 2. The van der Waals surface area contributed by atoms with Crippen LogP contribution in [0.1, 0.15) is 39.2 Å². The highest BCUT2D eigenvalue weighted by atomic mass is 16.6. The van der Waals surface area contributed by atoms with Gasteiger partial charge in [-0.05, 0) is 39.2 Å². The Kier molecular flexibility index (Phi) is 7.54. The van der Waals surface area contributed by atoms with Crippen molar-refractivity contribution in [2.45, 2.75) is 51.9 Å². The molecule has 6 nitrogen and oxygen atoms in total. The average molecular weight is 322 g/mol. The Labute approximate surface area is 137 Å². The molecule has 23 heavy (non-hydrogen) atoms. The molecule has 0 aromatic heterocycles. The van der Waals surface area contributed by atoms with Crippen molar-refractivity contribution in [1.82, 2.24) is 5.32 Å². The van der Waals surface area contributed by atoms with Gasteiger partial charge in [0, 0.05) is 6.54 Å². The van der Waals surface area contributed by atoms with Gasteiger partial charge in [0.05, 0.1) is 0 Å². The summed E-state index contributed by atoms with van der Waals surface area (Å²) in [7, 11) is 0. The van der Waals surface area contributed by atoms with E-state index in [0.717, 1.165) is 5.56 Å². The minimum atomic E-state index is -0.695. The van der Waals surface area contributed by atoms with Gasteiger partial charge in [-0.1, -0.05) is 30.3 Å². The maximum absolute atomic E-state index is 11.8. The molecule has 0 saturated carbocycles. The Hall–Kier alpha value is -2.08. The van der Waals surface area contributed by atoms with E-state index in [9.17, 15) is 9.59 Å². The van der Waals surface area contributed by atoms with Crippen LogP contribution in [0.4, 0.5) is 4.79 Å². The third-order valence-corrected chi connectivity index (χ3v) is 2.89. The summed E-state index contributed by atoms with van der Waals surface area (Å²) in [5, 5.41) is 2.62. The van der Waals surface area contributed by atoms with Crippen LogP contribution >= 0.6 is 0 Å². The lowest BCUT2D eigenvalue weighted by Gasteiger charge is -2.19. The number of nitrogens with two attached hydrogens (primary N) is 1. The van der Waals surface area contributed by atoms with Gasteiger partial charge in [0.2, 0.25) is 0 Å². The molecule has 3 N–H and O–H groups in total. The molecule has 1 aromatic carbocycles. The van der Waals surface area contributed by atoms with E-state index >= 15 is 0 Å². The fraction of sp³-hybridized carbons (Fsp3) is 0.529. The highest BCUT2D eigenvalue weighted by molar-refractivity contribution is 5.75.